The number of nitrogens with zero attached hydrogens (tertiary/aromatic N) is 6. The number of nitrogens with one attached hydrogen (secondary N) is 2. The van der Waals surface area contributed by atoms with Gasteiger partial charge in [0, 0.05) is 65.9 Å². The van der Waals surface area contributed by atoms with Crippen LogP contribution in [0.1, 0.15) is 109 Å². The molecule has 2 aromatic carbocycles. The monoisotopic (exact) mass is 838 g/mol. The van der Waals surface area contributed by atoms with Gasteiger partial charge in [0.15, 0.2) is 11.6 Å². The van der Waals surface area contributed by atoms with Crippen LogP contribution in [0.3, 0.4) is 0 Å². The molecule has 2 N–H and O–H groups in total. The number of piperazine rings is 1. The number of hydrogen-bond acceptors (Lipinski definition) is 10. The minimum absolute atomic E-state index is 0.0381. The molecule has 2 aliphatic heterocycles. The molecule has 2 aromatic heterocycles. The number of thiophene rings is 1. The van der Waals surface area contributed by atoms with Gasteiger partial charge in [-0.25, -0.2) is 0 Å². The summed E-state index contributed by atoms with van der Waals surface area (Å²) < 4.78 is 2.08. The summed E-state index contributed by atoms with van der Waals surface area (Å²) in [6.45, 7) is 11.8. The number of rotatable bonds is 16. The molecule has 59 heavy (non-hydrogen) atoms. The Morgan fingerprint density at radius 2 is 1.64 bits per heavy atom. The van der Waals surface area contributed by atoms with Crippen molar-refractivity contribution in [1.82, 2.24) is 30.3 Å². The topological polar surface area (TPSA) is 142 Å². The molecule has 312 valence electrons. The summed E-state index contributed by atoms with van der Waals surface area (Å²) >= 11 is 7.95. The van der Waals surface area contributed by atoms with Gasteiger partial charge in [-0.2, -0.15) is 0 Å². The maximum absolute atomic E-state index is 13.3. The Kier molecular flexibility index (Phi) is 14.1. The van der Waals surface area contributed by atoms with Crippen molar-refractivity contribution in [2.24, 2.45) is 4.99 Å². The highest BCUT2D eigenvalue weighted by Crippen LogP contribution is 2.39. The van der Waals surface area contributed by atoms with Crippen LogP contribution in [0.2, 0.25) is 5.02 Å². The highest BCUT2D eigenvalue weighted by Gasteiger charge is 2.33. The third-order valence-corrected chi connectivity index (χ3v) is 13.2. The van der Waals surface area contributed by atoms with Crippen molar-refractivity contribution >= 4 is 57.7 Å². The molecule has 2 atom stereocenters. The molecule has 0 bridgehead atoms. The van der Waals surface area contributed by atoms with Gasteiger partial charge in [-0.05, 0) is 82.0 Å². The summed E-state index contributed by atoms with van der Waals surface area (Å²) in [7, 11) is 0. The number of benzene rings is 2. The number of amides is 2. The molecule has 1 saturated carbocycles. The zero-order valence-corrected chi connectivity index (χ0v) is 36.0. The van der Waals surface area contributed by atoms with Gasteiger partial charge in [0.05, 0.1) is 31.0 Å². The number of hydrogen-bond donors (Lipinski definition) is 2. The first-order chi connectivity index (χ1) is 28.5. The lowest BCUT2D eigenvalue weighted by Crippen LogP contribution is -2.46. The van der Waals surface area contributed by atoms with Crippen molar-refractivity contribution < 1.29 is 19.2 Å². The Morgan fingerprint density at radius 1 is 0.898 bits per heavy atom. The zero-order valence-electron chi connectivity index (χ0n) is 34.4. The predicted molar refractivity (Wildman–Crippen MR) is 233 cm³/mol. The molecule has 1 saturated heterocycles. The maximum Gasteiger partial charge on any atom is 0.225 e. The number of ketones is 2. The molecule has 1 aliphatic carbocycles. The van der Waals surface area contributed by atoms with Crippen LogP contribution in [0, 0.1) is 20.8 Å². The van der Waals surface area contributed by atoms with Gasteiger partial charge in [-0.3, -0.25) is 33.6 Å². The van der Waals surface area contributed by atoms with Crippen LogP contribution in [0.5, 0.6) is 0 Å². The molecular formula is C45H55ClN8O4S. The smallest absolute Gasteiger partial charge is 0.225 e. The maximum atomic E-state index is 13.3. The number of fused-ring (bicyclic) bond motifs is 3. The number of carbonyl (C=O) groups excluding carboxylic acids is 4. The Morgan fingerprint density at radius 3 is 2.41 bits per heavy atom. The Bertz CT molecular complexity index is 2190. The van der Waals surface area contributed by atoms with Crippen LogP contribution >= 0.6 is 22.9 Å². The quantitative estimate of drug-likeness (QED) is 0.0926. The lowest BCUT2D eigenvalue weighted by molar-refractivity contribution is -0.134. The molecule has 4 heterocycles. The van der Waals surface area contributed by atoms with Crippen molar-refractivity contribution in [3.05, 3.63) is 92.3 Å². The fourth-order valence-corrected chi connectivity index (χ4v) is 9.66. The summed E-state index contributed by atoms with van der Waals surface area (Å²) in [6.07, 6.45) is 7.79. The number of halogens is 1. The average Bonchev–Trinajstić information content (AvgIpc) is 3.70. The zero-order chi connectivity index (χ0) is 41.5. The summed E-state index contributed by atoms with van der Waals surface area (Å²) in [5, 5.41) is 16.6. The molecule has 12 nitrogen and oxygen atoms in total. The van der Waals surface area contributed by atoms with E-state index < -0.39 is 12.1 Å². The van der Waals surface area contributed by atoms with Crippen molar-refractivity contribution in [2.75, 3.05) is 44.2 Å². The Balaban J connectivity index is 0.791. The Labute approximate surface area is 355 Å². The van der Waals surface area contributed by atoms with Gasteiger partial charge in [0.1, 0.15) is 22.7 Å². The molecular weight excluding hydrogens is 784 g/mol. The predicted octanol–water partition coefficient (Wildman–Crippen LogP) is 6.82. The third kappa shape index (κ3) is 10.5. The number of aryl methyl sites for hydroxylation is 2. The first-order valence-electron chi connectivity index (χ1n) is 21.1. The van der Waals surface area contributed by atoms with E-state index in [0.29, 0.717) is 30.2 Å². The summed E-state index contributed by atoms with van der Waals surface area (Å²) in [5.74, 6) is 1.01. The highest BCUT2D eigenvalue weighted by molar-refractivity contribution is 7.15. The fraction of sp³-hybridized carbons (Fsp3) is 0.489. The SMILES string of the molecule is Cc1sc2c(c1C)C(c1ccc(Cl)cc1)=N[C@@H](CC(=O)NCCCCCCCCN1CCN(c3cccc(CC(=O)NC4CCC(=O)CC4=O)c3)CC1)c1nnc(C)n1-2. The fourth-order valence-electron chi connectivity index (χ4n) is 8.32. The standard InChI is InChI=1S/C45H55ClN8O4S/c1-29-30(2)59-45-42(29)43(33-13-15-34(46)16-14-33)49-38(44-51-50-31(3)54(44)45)28-40(57)47-19-8-6-4-5-7-9-20-52-21-23-53(24-22-52)35-12-10-11-32(25-35)26-41(58)48-37-18-17-36(55)27-39(37)56/h10-16,25,37-38H,4-9,17-24,26-28H2,1-3H3,(H,47,57)(H,48,58)/t37?,38-/m0/s1. The van der Waals surface area contributed by atoms with Gasteiger partial charge >= 0.3 is 0 Å². The van der Waals surface area contributed by atoms with E-state index in [4.69, 9.17) is 16.6 Å². The molecule has 14 heteroatoms. The van der Waals surface area contributed by atoms with Gasteiger partial charge in [-0.15, -0.1) is 21.5 Å². The van der Waals surface area contributed by atoms with Crippen molar-refractivity contribution in [3.63, 3.8) is 0 Å². The molecule has 4 aromatic rings. The first kappa shape index (κ1) is 42.4. The molecule has 7 rings (SSSR count). The van der Waals surface area contributed by atoms with Gasteiger partial charge in [0.25, 0.3) is 0 Å². The number of anilines is 1. The summed E-state index contributed by atoms with van der Waals surface area (Å²) in [5.41, 5.74) is 6.06. The van der Waals surface area contributed by atoms with Crippen LogP contribution in [-0.2, 0) is 25.6 Å². The third-order valence-electron chi connectivity index (χ3n) is 11.8. The van der Waals surface area contributed by atoms with E-state index in [0.717, 1.165) is 90.9 Å². The van der Waals surface area contributed by atoms with Crippen molar-refractivity contribution in [2.45, 2.75) is 103 Å². The van der Waals surface area contributed by atoms with Crippen LogP contribution in [0.25, 0.3) is 5.00 Å². The lowest BCUT2D eigenvalue weighted by Gasteiger charge is -2.36. The largest absolute Gasteiger partial charge is 0.369 e. The average molecular weight is 840 g/mol. The molecule has 1 unspecified atom stereocenters. The van der Waals surface area contributed by atoms with E-state index in [1.807, 2.05) is 43.3 Å². The second-order valence-electron chi connectivity index (χ2n) is 16.1. The molecule has 2 amide bonds. The molecule has 3 aliphatic rings. The first-order valence-corrected chi connectivity index (χ1v) is 22.3. The number of carbonyl (C=O) groups is 4. The summed E-state index contributed by atoms with van der Waals surface area (Å²) in [4.78, 5) is 61.0. The number of aliphatic imine (C=N–C) groups is 1. The van der Waals surface area contributed by atoms with E-state index in [2.05, 4.69) is 61.2 Å². The van der Waals surface area contributed by atoms with Crippen LogP contribution in [-0.4, -0.2) is 94.1 Å². The normalized spacial score (nSPS) is 18.2. The van der Waals surface area contributed by atoms with Crippen LogP contribution in [0.4, 0.5) is 5.69 Å². The lowest BCUT2D eigenvalue weighted by atomic mass is 9.93. The minimum Gasteiger partial charge on any atom is -0.369 e. The Hall–Kier alpha value is -4.72. The van der Waals surface area contributed by atoms with Crippen LogP contribution in [0.15, 0.2) is 53.5 Å². The van der Waals surface area contributed by atoms with E-state index >= 15 is 0 Å². The van der Waals surface area contributed by atoms with E-state index in [9.17, 15) is 19.2 Å². The van der Waals surface area contributed by atoms with Crippen molar-refractivity contribution in [3.8, 4) is 5.00 Å². The van der Waals surface area contributed by atoms with E-state index in [-0.39, 0.29) is 42.6 Å². The second kappa shape index (κ2) is 19.6. The summed E-state index contributed by atoms with van der Waals surface area (Å²) in [6, 6.07) is 14.8. The van der Waals surface area contributed by atoms with Crippen LogP contribution < -0.4 is 15.5 Å². The van der Waals surface area contributed by atoms with Crippen molar-refractivity contribution in [1.29, 1.82) is 0 Å². The van der Waals surface area contributed by atoms with E-state index in [1.54, 1.807) is 11.3 Å². The number of aromatic nitrogens is 3. The van der Waals surface area contributed by atoms with Gasteiger partial charge in [-0.1, -0.05) is 61.5 Å². The number of unbranched alkanes of at least 4 members (excludes halogenated alkanes) is 5. The van der Waals surface area contributed by atoms with Gasteiger partial charge in [0.2, 0.25) is 11.8 Å². The van der Waals surface area contributed by atoms with E-state index in [1.165, 1.54) is 29.7 Å². The molecule has 0 radical (unpaired) electrons. The highest BCUT2D eigenvalue weighted by atomic mass is 35.5. The second-order valence-corrected chi connectivity index (χ2v) is 17.7. The van der Waals surface area contributed by atoms with Gasteiger partial charge < -0.3 is 15.5 Å². The minimum atomic E-state index is -0.549. The number of Topliss-reactive ketones (excluding diaryl/α,β-unsaturated/α-hetero) is 2. The molecule has 2 fully saturated rings. The molecule has 0 spiro atoms.